The number of carbonyl (C=O) groups excluding carboxylic acids is 1. The first-order chi connectivity index (χ1) is 11.8. The van der Waals surface area contributed by atoms with Crippen molar-refractivity contribution in [2.75, 3.05) is 11.9 Å². The number of benzene rings is 1. The number of aryl methyl sites for hydroxylation is 1. The van der Waals surface area contributed by atoms with E-state index in [1.807, 2.05) is 58.9 Å². The van der Waals surface area contributed by atoms with Crippen LogP contribution in [-0.2, 0) is 0 Å². The Hall–Kier alpha value is -2.63. The molecular weight excluding hydrogens is 316 g/mol. The zero-order chi connectivity index (χ0) is 18.4. The quantitative estimate of drug-likeness (QED) is 0.802. The van der Waals surface area contributed by atoms with Gasteiger partial charge in [-0.15, -0.1) is 0 Å². The number of anilines is 2. The third-order valence-electron chi connectivity index (χ3n) is 3.24. The second-order valence-corrected chi connectivity index (χ2v) is 6.64. The fraction of sp³-hybridized carbons (Fsp3) is 0.421. The molecule has 0 spiro atoms. The number of carbonyl (C=O) groups is 1. The molecule has 0 unspecified atom stereocenters. The van der Waals surface area contributed by atoms with Gasteiger partial charge in [0.1, 0.15) is 11.4 Å². The summed E-state index contributed by atoms with van der Waals surface area (Å²) in [7, 11) is 0. The molecule has 0 bridgehead atoms. The molecule has 134 valence electrons. The summed E-state index contributed by atoms with van der Waals surface area (Å²) in [6, 6.07) is 9.23. The van der Waals surface area contributed by atoms with E-state index in [1.165, 1.54) is 0 Å². The second-order valence-electron chi connectivity index (χ2n) is 6.64. The largest absolute Gasteiger partial charge is 0.491 e. The Bertz CT molecular complexity index is 712. The molecule has 0 saturated carbocycles. The molecule has 1 heterocycles. The van der Waals surface area contributed by atoms with Crippen molar-refractivity contribution < 1.29 is 9.53 Å². The van der Waals surface area contributed by atoms with Gasteiger partial charge in [-0.2, -0.15) is 0 Å². The molecule has 2 aromatic rings. The van der Waals surface area contributed by atoms with Crippen LogP contribution in [0.2, 0.25) is 0 Å². The van der Waals surface area contributed by atoms with E-state index in [-0.39, 0.29) is 12.0 Å². The molecule has 2 N–H and O–H groups in total. The zero-order valence-corrected chi connectivity index (χ0v) is 15.5. The van der Waals surface area contributed by atoms with Crippen LogP contribution in [0.3, 0.4) is 0 Å². The Morgan fingerprint density at radius 1 is 1.12 bits per heavy atom. The lowest BCUT2D eigenvalue weighted by Gasteiger charge is -2.12. The van der Waals surface area contributed by atoms with E-state index in [0.29, 0.717) is 24.1 Å². The standard InChI is InChI=1S/C19H26N4O2/c1-12(2)11-20-18(24)17-10-14(5)21-19(23-17)22-15-6-8-16(9-7-15)25-13(3)4/h6-10,12-13H,11H2,1-5H3,(H,20,24)(H,21,22,23). The summed E-state index contributed by atoms with van der Waals surface area (Å²) in [5, 5.41) is 6.00. The monoisotopic (exact) mass is 342 g/mol. The van der Waals surface area contributed by atoms with E-state index in [4.69, 9.17) is 4.74 Å². The third kappa shape index (κ3) is 6.06. The fourth-order valence-corrected chi connectivity index (χ4v) is 2.15. The van der Waals surface area contributed by atoms with Gasteiger partial charge in [-0.25, -0.2) is 9.97 Å². The summed E-state index contributed by atoms with van der Waals surface area (Å²) in [4.78, 5) is 20.9. The molecule has 25 heavy (non-hydrogen) atoms. The maximum atomic E-state index is 12.2. The minimum atomic E-state index is -0.192. The highest BCUT2D eigenvalue weighted by Gasteiger charge is 2.11. The molecule has 2 rings (SSSR count). The van der Waals surface area contributed by atoms with Crippen LogP contribution in [0.25, 0.3) is 0 Å². The van der Waals surface area contributed by atoms with Crippen LogP contribution in [0.1, 0.15) is 43.9 Å². The number of ether oxygens (including phenoxy) is 1. The Kier molecular flexibility index (Phi) is 6.33. The third-order valence-corrected chi connectivity index (χ3v) is 3.24. The molecule has 0 aliphatic rings. The van der Waals surface area contributed by atoms with E-state index < -0.39 is 0 Å². The first kappa shape index (κ1) is 18.7. The van der Waals surface area contributed by atoms with Gasteiger partial charge >= 0.3 is 0 Å². The molecule has 0 radical (unpaired) electrons. The maximum Gasteiger partial charge on any atom is 0.270 e. The van der Waals surface area contributed by atoms with Crippen LogP contribution in [0.4, 0.5) is 11.6 Å². The van der Waals surface area contributed by atoms with Gasteiger partial charge in [0.2, 0.25) is 5.95 Å². The minimum Gasteiger partial charge on any atom is -0.491 e. The van der Waals surface area contributed by atoms with E-state index in [9.17, 15) is 4.79 Å². The SMILES string of the molecule is Cc1cc(C(=O)NCC(C)C)nc(Nc2ccc(OC(C)C)cc2)n1. The molecule has 1 amide bonds. The molecule has 6 heteroatoms. The molecular formula is C19H26N4O2. The number of aromatic nitrogens is 2. The second kappa shape index (κ2) is 8.46. The Balaban J connectivity index is 2.10. The van der Waals surface area contributed by atoms with Crippen LogP contribution in [0.5, 0.6) is 5.75 Å². The summed E-state index contributed by atoms with van der Waals surface area (Å²) in [6.07, 6.45) is 0.130. The smallest absolute Gasteiger partial charge is 0.270 e. The fourth-order valence-electron chi connectivity index (χ4n) is 2.15. The molecule has 0 fully saturated rings. The summed E-state index contributed by atoms with van der Waals surface area (Å²) in [5.41, 5.74) is 1.91. The van der Waals surface area contributed by atoms with E-state index >= 15 is 0 Å². The van der Waals surface area contributed by atoms with Crippen LogP contribution < -0.4 is 15.4 Å². The van der Waals surface area contributed by atoms with Crippen molar-refractivity contribution in [3.8, 4) is 5.75 Å². The highest BCUT2D eigenvalue weighted by atomic mass is 16.5. The van der Waals surface area contributed by atoms with Gasteiger partial charge in [-0.3, -0.25) is 4.79 Å². The Labute approximate surface area is 149 Å². The van der Waals surface area contributed by atoms with Gasteiger partial charge in [-0.05, 0) is 57.0 Å². The highest BCUT2D eigenvalue weighted by Crippen LogP contribution is 2.19. The Morgan fingerprint density at radius 3 is 2.40 bits per heavy atom. The summed E-state index contributed by atoms with van der Waals surface area (Å²) >= 11 is 0. The number of hydrogen-bond acceptors (Lipinski definition) is 5. The molecule has 6 nitrogen and oxygen atoms in total. The lowest BCUT2D eigenvalue weighted by atomic mass is 10.2. The lowest BCUT2D eigenvalue weighted by Crippen LogP contribution is -2.28. The number of amides is 1. The summed E-state index contributed by atoms with van der Waals surface area (Å²) in [6.45, 7) is 10.5. The van der Waals surface area contributed by atoms with Crippen LogP contribution >= 0.6 is 0 Å². The molecule has 0 atom stereocenters. The van der Waals surface area contributed by atoms with E-state index in [0.717, 1.165) is 17.1 Å². The van der Waals surface area contributed by atoms with Crippen molar-refractivity contribution in [2.45, 2.75) is 40.7 Å². The molecule has 0 aliphatic heterocycles. The topological polar surface area (TPSA) is 76.1 Å². The van der Waals surface area contributed by atoms with E-state index in [2.05, 4.69) is 20.6 Å². The van der Waals surface area contributed by atoms with Crippen molar-refractivity contribution in [3.63, 3.8) is 0 Å². The predicted molar refractivity (Wildman–Crippen MR) is 99.4 cm³/mol. The average molecular weight is 342 g/mol. The van der Waals surface area contributed by atoms with Gasteiger partial charge in [0.05, 0.1) is 6.10 Å². The summed E-state index contributed by atoms with van der Waals surface area (Å²) in [5.74, 6) is 1.39. The number of hydrogen-bond donors (Lipinski definition) is 2. The zero-order valence-electron chi connectivity index (χ0n) is 15.5. The van der Waals surface area contributed by atoms with Crippen molar-refractivity contribution >= 4 is 17.5 Å². The summed E-state index contributed by atoms with van der Waals surface area (Å²) < 4.78 is 5.62. The number of rotatable bonds is 7. The van der Waals surface area contributed by atoms with Crippen molar-refractivity contribution in [1.29, 1.82) is 0 Å². The Morgan fingerprint density at radius 2 is 1.80 bits per heavy atom. The molecule has 1 aromatic carbocycles. The molecule has 0 aliphatic carbocycles. The van der Waals surface area contributed by atoms with Crippen molar-refractivity contribution in [2.24, 2.45) is 5.92 Å². The maximum absolute atomic E-state index is 12.2. The minimum absolute atomic E-state index is 0.130. The predicted octanol–water partition coefficient (Wildman–Crippen LogP) is 3.70. The first-order valence-electron chi connectivity index (χ1n) is 8.51. The number of nitrogens with one attached hydrogen (secondary N) is 2. The number of nitrogens with zero attached hydrogens (tertiary/aromatic N) is 2. The van der Waals surface area contributed by atoms with Gasteiger partial charge in [0, 0.05) is 17.9 Å². The average Bonchev–Trinajstić information content (AvgIpc) is 2.53. The van der Waals surface area contributed by atoms with E-state index in [1.54, 1.807) is 6.07 Å². The van der Waals surface area contributed by atoms with Gasteiger partial charge in [0.15, 0.2) is 0 Å². The van der Waals surface area contributed by atoms with Crippen LogP contribution in [-0.4, -0.2) is 28.5 Å². The first-order valence-corrected chi connectivity index (χ1v) is 8.51. The van der Waals surface area contributed by atoms with Gasteiger partial charge in [0.25, 0.3) is 5.91 Å². The van der Waals surface area contributed by atoms with Gasteiger partial charge < -0.3 is 15.4 Å². The molecule has 1 aromatic heterocycles. The highest BCUT2D eigenvalue weighted by molar-refractivity contribution is 5.92. The van der Waals surface area contributed by atoms with Crippen molar-refractivity contribution in [1.82, 2.24) is 15.3 Å². The molecule has 0 saturated heterocycles. The van der Waals surface area contributed by atoms with Crippen molar-refractivity contribution in [3.05, 3.63) is 41.7 Å². The lowest BCUT2D eigenvalue weighted by molar-refractivity contribution is 0.0944. The normalized spacial score (nSPS) is 10.8. The van der Waals surface area contributed by atoms with Crippen LogP contribution in [0, 0.1) is 12.8 Å². The van der Waals surface area contributed by atoms with Crippen LogP contribution in [0.15, 0.2) is 30.3 Å². The van der Waals surface area contributed by atoms with Gasteiger partial charge in [-0.1, -0.05) is 13.8 Å².